The Balaban J connectivity index is 1.63. The summed E-state index contributed by atoms with van der Waals surface area (Å²) in [5.41, 5.74) is 3.62. The summed E-state index contributed by atoms with van der Waals surface area (Å²) in [4.78, 5) is 4.76. The quantitative estimate of drug-likeness (QED) is 0.375. The summed E-state index contributed by atoms with van der Waals surface area (Å²) in [5.74, 6) is 2.72. The van der Waals surface area contributed by atoms with Crippen molar-refractivity contribution in [3.63, 3.8) is 0 Å². The summed E-state index contributed by atoms with van der Waals surface area (Å²) in [7, 11) is 0. The van der Waals surface area contributed by atoms with Gasteiger partial charge in [-0.15, -0.1) is 0 Å². The van der Waals surface area contributed by atoms with Crippen molar-refractivity contribution in [2.24, 2.45) is 10.9 Å². The molecule has 2 aromatic rings. The maximum atomic E-state index is 12.4. The van der Waals surface area contributed by atoms with Gasteiger partial charge in [-0.05, 0) is 69.2 Å². The smallest absolute Gasteiger partial charge is 0.250 e. The molecular weight excluding hydrogens is 396 g/mol. The lowest BCUT2D eigenvalue weighted by Crippen LogP contribution is -2.37. The number of amidine groups is 1. The SMILES string of the molecule is C=Cc1ccc(-c2ccc(C)o2)cc1N=C(C)NC(=C)C1CCC(NCC(F)F)CC1. The third kappa shape index (κ3) is 6.37. The van der Waals surface area contributed by atoms with E-state index in [1.54, 1.807) is 6.08 Å². The number of hydrogen-bond acceptors (Lipinski definition) is 3. The molecule has 166 valence electrons. The Bertz CT molecular complexity index is 940. The number of allylic oxidation sites excluding steroid dienone is 1. The molecule has 1 aliphatic carbocycles. The highest BCUT2D eigenvalue weighted by molar-refractivity contribution is 5.86. The topological polar surface area (TPSA) is 49.6 Å². The van der Waals surface area contributed by atoms with Crippen molar-refractivity contribution in [1.29, 1.82) is 0 Å². The molecule has 1 aromatic carbocycles. The van der Waals surface area contributed by atoms with Crippen molar-refractivity contribution in [1.82, 2.24) is 10.6 Å². The molecule has 1 aliphatic rings. The van der Waals surface area contributed by atoms with E-state index in [0.717, 1.165) is 65.6 Å². The van der Waals surface area contributed by atoms with Crippen LogP contribution in [0.2, 0.25) is 0 Å². The molecular formula is C25H31F2N3O. The van der Waals surface area contributed by atoms with Crippen molar-refractivity contribution in [3.8, 4) is 11.3 Å². The molecule has 0 spiro atoms. The van der Waals surface area contributed by atoms with Crippen molar-refractivity contribution in [2.45, 2.75) is 52.0 Å². The van der Waals surface area contributed by atoms with Gasteiger partial charge >= 0.3 is 0 Å². The second-order valence-electron chi connectivity index (χ2n) is 8.08. The number of aryl methyl sites for hydroxylation is 1. The van der Waals surface area contributed by atoms with Crippen LogP contribution in [0.1, 0.15) is 43.9 Å². The number of alkyl halides is 2. The second kappa shape index (κ2) is 10.5. The average Bonchev–Trinajstić information content (AvgIpc) is 3.18. The first-order valence-corrected chi connectivity index (χ1v) is 10.7. The molecule has 31 heavy (non-hydrogen) atoms. The Morgan fingerprint density at radius 2 is 1.97 bits per heavy atom. The summed E-state index contributed by atoms with van der Waals surface area (Å²) in [6, 6.07) is 10.0. The van der Waals surface area contributed by atoms with Gasteiger partial charge in [0.25, 0.3) is 6.43 Å². The minimum atomic E-state index is -2.30. The highest BCUT2D eigenvalue weighted by atomic mass is 19.3. The van der Waals surface area contributed by atoms with Crippen LogP contribution in [0.3, 0.4) is 0 Å². The lowest BCUT2D eigenvalue weighted by Gasteiger charge is -2.30. The van der Waals surface area contributed by atoms with E-state index in [1.165, 1.54) is 0 Å². The minimum Gasteiger partial charge on any atom is -0.461 e. The van der Waals surface area contributed by atoms with E-state index in [4.69, 9.17) is 9.41 Å². The number of rotatable bonds is 8. The summed E-state index contributed by atoms with van der Waals surface area (Å²) in [5, 5.41) is 6.28. The van der Waals surface area contributed by atoms with Crippen molar-refractivity contribution in [3.05, 3.63) is 60.5 Å². The molecule has 2 N–H and O–H groups in total. The summed E-state index contributed by atoms with van der Waals surface area (Å²) in [6.07, 6.45) is 3.07. The molecule has 4 nitrogen and oxygen atoms in total. The van der Waals surface area contributed by atoms with Gasteiger partial charge in [-0.2, -0.15) is 0 Å². The van der Waals surface area contributed by atoms with Gasteiger partial charge in [-0.3, -0.25) is 0 Å². The van der Waals surface area contributed by atoms with E-state index in [1.807, 2.05) is 44.2 Å². The first-order chi connectivity index (χ1) is 14.9. The molecule has 1 saturated carbocycles. The normalized spacial score (nSPS) is 19.5. The number of nitrogens with one attached hydrogen (secondary N) is 2. The molecule has 0 aliphatic heterocycles. The Morgan fingerprint density at radius 1 is 1.23 bits per heavy atom. The number of aliphatic imine (C=N–C) groups is 1. The van der Waals surface area contributed by atoms with E-state index in [2.05, 4.69) is 23.8 Å². The zero-order valence-corrected chi connectivity index (χ0v) is 18.3. The molecule has 0 unspecified atom stereocenters. The van der Waals surface area contributed by atoms with Crippen LogP contribution in [0.4, 0.5) is 14.5 Å². The Labute approximate surface area is 183 Å². The third-order valence-corrected chi connectivity index (χ3v) is 5.69. The lowest BCUT2D eigenvalue weighted by atomic mass is 9.84. The third-order valence-electron chi connectivity index (χ3n) is 5.69. The van der Waals surface area contributed by atoms with Gasteiger partial charge in [0.1, 0.15) is 17.4 Å². The standard InChI is InChI=1S/C25H31F2N3O/c1-5-19-7-8-21(24-13-6-16(2)31-24)14-23(19)30-18(4)29-17(3)20-9-11-22(12-10-20)28-15-25(26)27/h5-8,13-14,20,22,25,28H,1,3,9-12,15H2,2,4H3,(H,29,30). The fourth-order valence-electron chi connectivity index (χ4n) is 4.00. The van der Waals surface area contributed by atoms with E-state index < -0.39 is 6.43 Å². The molecule has 3 rings (SSSR count). The molecule has 0 radical (unpaired) electrons. The first kappa shape index (κ1) is 22.9. The van der Waals surface area contributed by atoms with Crippen LogP contribution in [0.25, 0.3) is 17.4 Å². The van der Waals surface area contributed by atoms with Gasteiger partial charge in [-0.1, -0.05) is 31.4 Å². The van der Waals surface area contributed by atoms with Gasteiger partial charge in [-0.25, -0.2) is 13.8 Å². The highest BCUT2D eigenvalue weighted by Crippen LogP contribution is 2.31. The van der Waals surface area contributed by atoms with E-state index >= 15 is 0 Å². The lowest BCUT2D eigenvalue weighted by molar-refractivity contribution is 0.136. The summed E-state index contributed by atoms with van der Waals surface area (Å²) >= 11 is 0. The van der Waals surface area contributed by atoms with Crippen molar-refractivity contribution >= 4 is 17.6 Å². The maximum absolute atomic E-state index is 12.4. The highest BCUT2D eigenvalue weighted by Gasteiger charge is 2.23. The van der Waals surface area contributed by atoms with Crippen LogP contribution in [-0.2, 0) is 0 Å². The van der Waals surface area contributed by atoms with E-state index in [-0.39, 0.29) is 12.6 Å². The van der Waals surface area contributed by atoms with Crippen LogP contribution in [0.15, 0.2) is 58.6 Å². The Kier molecular flexibility index (Phi) is 7.80. The molecule has 0 atom stereocenters. The van der Waals surface area contributed by atoms with Crippen LogP contribution < -0.4 is 10.6 Å². The minimum absolute atomic E-state index is 0.163. The van der Waals surface area contributed by atoms with Crippen LogP contribution in [0.5, 0.6) is 0 Å². The van der Waals surface area contributed by atoms with Gasteiger partial charge in [0.05, 0.1) is 12.2 Å². The molecule has 0 amide bonds. The fourth-order valence-corrected chi connectivity index (χ4v) is 4.00. The predicted octanol–water partition coefficient (Wildman–Crippen LogP) is 6.46. The van der Waals surface area contributed by atoms with E-state index in [9.17, 15) is 8.78 Å². The van der Waals surface area contributed by atoms with E-state index in [0.29, 0.717) is 5.92 Å². The zero-order valence-electron chi connectivity index (χ0n) is 18.3. The number of furan rings is 1. The van der Waals surface area contributed by atoms with Gasteiger partial charge < -0.3 is 15.1 Å². The largest absolute Gasteiger partial charge is 0.461 e. The first-order valence-electron chi connectivity index (χ1n) is 10.7. The molecule has 6 heteroatoms. The van der Waals surface area contributed by atoms with Crippen LogP contribution in [-0.4, -0.2) is 24.8 Å². The number of benzene rings is 1. The molecule has 0 saturated heterocycles. The van der Waals surface area contributed by atoms with Gasteiger partial charge in [0.2, 0.25) is 0 Å². The van der Waals surface area contributed by atoms with Crippen LogP contribution in [0, 0.1) is 12.8 Å². The average molecular weight is 428 g/mol. The molecule has 0 bridgehead atoms. The van der Waals surface area contributed by atoms with Crippen molar-refractivity contribution < 1.29 is 13.2 Å². The van der Waals surface area contributed by atoms with Crippen molar-refractivity contribution in [2.75, 3.05) is 6.54 Å². The molecule has 1 heterocycles. The number of hydrogen-bond donors (Lipinski definition) is 2. The monoisotopic (exact) mass is 427 g/mol. The fraction of sp³-hybridized carbons (Fsp3) is 0.400. The molecule has 1 fully saturated rings. The Morgan fingerprint density at radius 3 is 2.58 bits per heavy atom. The maximum Gasteiger partial charge on any atom is 0.250 e. The predicted molar refractivity (Wildman–Crippen MR) is 124 cm³/mol. The van der Waals surface area contributed by atoms with Crippen LogP contribution >= 0.6 is 0 Å². The van der Waals surface area contributed by atoms with Gasteiger partial charge in [0.15, 0.2) is 0 Å². The number of halogens is 2. The Hall–Kier alpha value is -2.73. The number of nitrogens with zero attached hydrogens (tertiary/aromatic N) is 1. The summed E-state index contributed by atoms with van der Waals surface area (Å²) in [6.45, 7) is 11.7. The second-order valence-corrected chi connectivity index (χ2v) is 8.08. The van der Waals surface area contributed by atoms with Gasteiger partial charge in [0, 0.05) is 17.3 Å². The molecule has 1 aromatic heterocycles. The zero-order chi connectivity index (χ0) is 22.4. The summed E-state index contributed by atoms with van der Waals surface area (Å²) < 4.78 is 30.5.